The number of likely N-dealkylation sites (N-methyl/N-ethyl adjacent to an activating group) is 1. The number of nitrogens with two attached hydrogens (primary N) is 1. The number of aromatic carboxylic acids is 1. The minimum Gasteiger partial charge on any atom is -0.478 e. The summed E-state index contributed by atoms with van der Waals surface area (Å²) < 4.78 is 0. The van der Waals surface area contributed by atoms with Gasteiger partial charge in [0.2, 0.25) is 0 Å². The number of hydrogen-bond donors (Lipinski definition) is 2. The fourth-order valence-electron chi connectivity index (χ4n) is 2.26. The highest BCUT2D eigenvalue weighted by molar-refractivity contribution is 5.95. The maximum atomic E-state index is 11.2. The van der Waals surface area contributed by atoms with Crippen LogP contribution >= 0.6 is 0 Å². The van der Waals surface area contributed by atoms with Crippen molar-refractivity contribution in [1.29, 1.82) is 0 Å². The van der Waals surface area contributed by atoms with Crippen LogP contribution < -0.4 is 10.6 Å². The second-order valence-electron chi connectivity index (χ2n) is 4.86. The zero-order chi connectivity index (χ0) is 13.3. The Hall–Kier alpha value is -1.75. The SMILES string of the molecule is CC1CN(c2cc(N)ccc2C(=O)O)CCN1C. The molecule has 1 aromatic rings. The smallest absolute Gasteiger partial charge is 0.337 e. The zero-order valence-electron chi connectivity index (χ0n) is 10.8. The van der Waals surface area contributed by atoms with Crippen LogP contribution in [-0.4, -0.2) is 48.7 Å². The van der Waals surface area contributed by atoms with Gasteiger partial charge < -0.3 is 20.6 Å². The van der Waals surface area contributed by atoms with Crippen LogP contribution in [0.2, 0.25) is 0 Å². The normalized spacial score (nSPS) is 21.0. The first kappa shape index (κ1) is 12.7. The van der Waals surface area contributed by atoms with Gasteiger partial charge in [-0.15, -0.1) is 0 Å². The first-order valence-electron chi connectivity index (χ1n) is 6.07. The van der Waals surface area contributed by atoms with Crippen molar-refractivity contribution >= 4 is 17.3 Å². The van der Waals surface area contributed by atoms with Crippen LogP contribution in [0, 0.1) is 0 Å². The number of carboxylic acid groups (broad SMARTS) is 1. The molecule has 0 aromatic heterocycles. The van der Waals surface area contributed by atoms with Crippen LogP contribution in [0.5, 0.6) is 0 Å². The summed E-state index contributed by atoms with van der Waals surface area (Å²) in [5.74, 6) is -0.906. The summed E-state index contributed by atoms with van der Waals surface area (Å²) in [5, 5.41) is 9.23. The van der Waals surface area contributed by atoms with Gasteiger partial charge in [0.25, 0.3) is 0 Å². The number of anilines is 2. The Kier molecular flexibility index (Phi) is 3.43. The number of piperazine rings is 1. The number of nitrogen functional groups attached to an aromatic ring is 1. The molecule has 3 N–H and O–H groups in total. The molecule has 1 saturated heterocycles. The van der Waals surface area contributed by atoms with Crippen molar-refractivity contribution in [2.45, 2.75) is 13.0 Å². The lowest BCUT2D eigenvalue weighted by Crippen LogP contribution is -2.50. The van der Waals surface area contributed by atoms with E-state index < -0.39 is 5.97 Å². The minimum atomic E-state index is -0.906. The molecule has 1 unspecified atom stereocenters. The number of nitrogens with zero attached hydrogens (tertiary/aromatic N) is 2. The van der Waals surface area contributed by atoms with E-state index in [-0.39, 0.29) is 0 Å². The third kappa shape index (κ3) is 2.41. The molecule has 5 heteroatoms. The quantitative estimate of drug-likeness (QED) is 0.768. The molecular formula is C13H19N3O2. The molecule has 1 atom stereocenters. The zero-order valence-corrected chi connectivity index (χ0v) is 10.8. The van der Waals surface area contributed by atoms with Crippen molar-refractivity contribution in [3.63, 3.8) is 0 Å². The largest absolute Gasteiger partial charge is 0.478 e. The summed E-state index contributed by atoms with van der Waals surface area (Å²) in [6, 6.07) is 5.37. The Balaban J connectivity index is 2.32. The van der Waals surface area contributed by atoms with E-state index in [0.29, 0.717) is 17.3 Å². The first-order valence-corrected chi connectivity index (χ1v) is 6.07. The summed E-state index contributed by atoms with van der Waals surface area (Å²) in [7, 11) is 2.08. The predicted molar refractivity (Wildman–Crippen MR) is 72.1 cm³/mol. The Morgan fingerprint density at radius 2 is 2.17 bits per heavy atom. The minimum absolute atomic E-state index is 0.320. The predicted octanol–water partition coefficient (Wildman–Crippen LogP) is 1.11. The third-order valence-corrected chi connectivity index (χ3v) is 3.55. The van der Waals surface area contributed by atoms with Gasteiger partial charge >= 0.3 is 5.97 Å². The number of rotatable bonds is 2. The van der Waals surface area contributed by atoms with Crippen LogP contribution in [0.15, 0.2) is 18.2 Å². The fraction of sp³-hybridized carbons (Fsp3) is 0.462. The van der Waals surface area contributed by atoms with E-state index in [9.17, 15) is 9.90 Å². The van der Waals surface area contributed by atoms with E-state index in [1.54, 1.807) is 18.2 Å². The summed E-state index contributed by atoms with van der Waals surface area (Å²) in [6.45, 7) is 4.71. The van der Waals surface area contributed by atoms with Crippen molar-refractivity contribution in [3.05, 3.63) is 23.8 Å². The number of hydrogen-bond acceptors (Lipinski definition) is 4. The molecule has 0 amide bonds. The molecule has 1 fully saturated rings. The van der Waals surface area contributed by atoms with Gasteiger partial charge in [-0.2, -0.15) is 0 Å². The molecule has 18 heavy (non-hydrogen) atoms. The molecule has 1 heterocycles. The average molecular weight is 249 g/mol. The van der Waals surface area contributed by atoms with Gasteiger partial charge in [-0.05, 0) is 32.2 Å². The summed E-state index contributed by atoms with van der Waals surface area (Å²) in [6.07, 6.45) is 0. The summed E-state index contributed by atoms with van der Waals surface area (Å²) in [4.78, 5) is 15.6. The number of benzene rings is 1. The number of carboxylic acids is 1. The molecule has 98 valence electrons. The van der Waals surface area contributed by atoms with Crippen LogP contribution in [0.25, 0.3) is 0 Å². The molecular weight excluding hydrogens is 230 g/mol. The maximum Gasteiger partial charge on any atom is 0.337 e. The van der Waals surface area contributed by atoms with E-state index in [2.05, 4.69) is 23.8 Å². The Labute approximate surface area is 107 Å². The van der Waals surface area contributed by atoms with Gasteiger partial charge in [0.1, 0.15) is 0 Å². The fourth-order valence-corrected chi connectivity index (χ4v) is 2.26. The van der Waals surface area contributed by atoms with E-state index in [1.165, 1.54) is 0 Å². The number of carbonyl (C=O) groups is 1. The van der Waals surface area contributed by atoms with E-state index >= 15 is 0 Å². The molecule has 1 aliphatic heterocycles. The second kappa shape index (κ2) is 4.86. The summed E-state index contributed by atoms with van der Waals surface area (Å²) >= 11 is 0. The highest BCUT2D eigenvalue weighted by atomic mass is 16.4. The Bertz CT molecular complexity index is 462. The van der Waals surface area contributed by atoms with Crippen LogP contribution in [0.4, 0.5) is 11.4 Å². The van der Waals surface area contributed by atoms with E-state index in [4.69, 9.17) is 5.73 Å². The maximum absolute atomic E-state index is 11.2. The topological polar surface area (TPSA) is 69.8 Å². The molecule has 1 aromatic carbocycles. The monoisotopic (exact) mass is 249 g/mol. The molecule has 0 spiro atoms. The highest BCUT2D eigenvalue weighted by Crippen LogP contribution is 2.25. The highest BCUT2D eigenvalue weighted by Gasteiger charge is 2.24. The van der Waals surface area contributed by atoms with Gasteiger partial charge in [0.05, 0.1) is 11.3 Å². The van der Waals surface area contributed by atoms with Gasteiger partial charge in [-0.3, -0.25) is 0 Å². The van der Waals surface area contributed by atoms with Gasteiger partial charge in [0, 0.05) is 31.4 Å². The van der Waals surface area contributed by atoms with Gasteiger partial charge in [-0.1, -0.05) is 0 Å². The summed E-state index contributed by atoms with van der Waals surface area (Å²) in [5.41, 5.74) is 7.41. The average Bonchev–Trinajstić information content (AvgIpc) is 2.32. The molecule has 0 aliphatic carbocycles. The lowest BCUT2D eigenvalue weighted by atomic mass is 10.1. The Morgan fingerprint density at radius 3 is 2.78 bits per heavy atom. The second-order valence-corrected chi connectivity index (χ2v) is 4.86. The standard InChI is InChI=1S/C13H19N3O2/c1-9-8-16(6-5-15(9)2)12-7-10(14)3-4-11(12)13(17)18/h3-4,7,9H,5-6,8,14H2,1-2H3,(H,17,18). The lowest BCUT2D eigenvalue weighted by molar-refractivity contribution is 0.0697. The van der Waals surface area contributed by atoms with Crippen molar-refractivity contribution in [2.75, 3.05) is 37.3 Å². The van der Waals surface area contributed by atoms with E-state index in [0.717, 1.165) is 25.3 Å². The molecule has 1 aliphatic rings. The Morgan fingerprint density at radius 1 is 1.44 bits per heavy atom. The van der Waals surface area contributed by atoms with Crippen LogP contribution in [-0.2, 0) is 0 Å². The molecule has 2 rings (SSSR count). The van der Waals surface area contributed by atoms with Crippen molar-refractivity contribution in [3.8, 4) is 0 Å². The molecule has 0 bridgehead atoms. The molecule has 0 saturated carbocycles. The van der Waals surface area contributed by atoms with Crippen molar-refractivity contribution in [2.24, 2.45) is 0 Å². The van der Waals surface area contributed by atoms with Crippen LogP contribution in [0.1, 0.15) is 17.3 Å². The molecule has 5 nitrogen and oxygen atoms in total. The van der Waals surface area contributed by atoms with Crippen molar-refractivity contribution < 1.29 is 9.90 Å². The third-order valence-electron chi connectivity index (χ3n) is 3.55. The van der Waals surface area contributed by atoms with Crippen LogP contribution in [0.3, 0.4) is 0 Å². The first-order chi connectivity index (χ1) is 8.49. The lowest BCUT2D eigenvalue weighted by Gasteiger charge is -2.39. The molecule has 0 radical (unpaired) electrons. The van der Waals surface area contributed by atoms with Crippen molar-refractivity contribution in [1.82, 2.24) is 4.90 Å². The van der Waals surface area contributed by atoms with Gasteiger partial charge in [-0.25, -0.2) is 4.79 Å². The van der Waals surface area contributed by atoms with Gasteiger partial charge in [0.15, 0.2) is 0 Å². The van der Waals surface area contributed by atoms with E-state index in [1.807, 2.05) is 0 Å².